The van der Waals surface area contributed by atoms with Crippen LogP contribution in [0.5, 0.6) is 0 Å². The van der Waals surface area contributed by atoms with E-state index in [2.05, 4.69) is 13.8 Å². The number of esters is 1. The van der Waals surface area contributed by atoms with E-state index >= 15 is 0 Å². The van der Waals surface area contributed by atoms with E-state index in [-0.39, 0.29) is 35.1 Å². The molecular weight excluding hydrogens is 368 g/mol. The summed E-state index contributed by atoms with van der Waals surface area (Å²) in [6.07, 6.45) is 7.07. The van der Waals surface area contributed by atoms with E-state index in [0.717, 1.165) is 31.3 Å². The van der Waals surface area contributed by atoms with Crippen LogP contribution < -0.4 is 0 Å². The van der Waals surface area contributed by atoms with Crippen molar-refractivity contribution >= 4 is 17.5 Å². The van der Waals surface area contributed by atoms with Crippen LogP contribution in [0.2, 0.25) is 0 Å². The average Bonchev–Trinajstić information content (AvgIpc) is 2.91. The van der Waals surface area contributed by atoms with Crippen molar-refractivity contribution in [2.45, 2.75) is 72.3 Å². The predicted octanol–water partition coefficient (Wildman–Crippen LogP) is 4.32. The molecule has 1 N–H and O–H groups in total. The van der Waals surface area contributed by atoms with Crippen LogP contribution in [-0.4, -0.2) is 28.2 Å². The Hall–Kier alpha value is -1.91. The monoisotopic (exact) mass is 400 g/mol. The Morgan fingerprint density at radius 1 is 1.10 bits per heavy atom. The molecule has 29 heavy (non-hydrogen) atoms. The highest BCUT2D eigenvalue weighted by Crippen LogP contribution is 2.68. The van der Waals surface area contributed by atoms with Gasteiger partial charge in [0.25, 0.3) is 0 Å². The maximum Gasteiger partial charge on any atom is 0.303 e. The molecule has 5 heteroatoms. The van der Waals surface area contributed by atoms with Gasteiger partial charge in [0.05, 0.1) is 5.41 Å². The van der Waals surface area contributed by atoms with Gasteiger partial charge in [0, 0.05) is 18.4 Å². The highest BCUT2D eigenvalue weighted by atomic mass is 16.6. The van der Waals surface area contributed by atoms with Gasteiger partial charge in [-0.15, -0.1) is 0 Å². The van der Waals surface area contributed by atoms with Crippen molar-refractivity contribution in [1.29, 1.82) is 0 Å². The molecule has 3 fully saturated rings. The second-order valence-corrected chi connectivity index (χ2v) is 10.2. The van der Waals surface area contributed by atoms with Crippen molar-refractivity contribution < 1.29 is 24.2 Å². The van der Waals surface area contributed by atoms with Crippen molar-refractivity contribution in [2.75, 3.05) is 0 Å². The second kappa shape index (κ2) is 6.29. The molecule has 0 aliphatic heterocycles. The van der Waals surface area contributed by atoms with Crippen molar-refractivity contribution in [3.05, 3.63) is 23.5 Å². The van der Waals surface area contributed by atoms with Crippen LogP contribution in [0.1, 0.15) is 66.7 Å². The Balaban J connectivity index is 1.76. The third-order valence-corrected chi connectivity index (χ3v) is 9.04. The van der Waals surface area contributed by atoms with Crippen LogP contribution in [0.25, 0.3) is 0 Å². The number of aliphatic hydroxyl groups excluding tert-OH is 1. The number of allylic oxidation sites excluding steroid dienone is 3. The highest BCUT2D eigenvalue weighted by Gasteiger charge is 2.68. The Kier molecular flexibility index (Phi) is 4.42. The van der Waals surface area contributed by atoms with Crippen molar-refractivity contribution in [1.82, 2.24) is 0 Å². The molecule has 1 unspecified atom stereocenters. The zero-order valence-corrected chi connectivity index (χ0v) is 18.1. The molecule has 0 aromatic rings. The fourth-order valence-electron chi connectivity index (χ4n) is 7.76. The number of rotatable bonds is 2. The zero-order chi connectivity index (χ0) is 21.4. The minimum Gasteiger partial charge on any atom is -0.508 e. The summed E-state index contributed by atoms with van der Waals surface area (Å²) < 4.78 is 5.80. The molecule has 5 nitrogen and oxygen atoms in total. The summed E-state index contributed by atoms with van der Waals surface area (Å²) in [5.41, 5.74) is -1.01. The van der Waals surface area contributed by atoms with Gasteiger partial charge in [0.15, 0.2) is 17.2 Å². The Morgan fingerprint density at radius 2 is 1.76 bits per heavy atom. The van der Waals surface area contributed by atoms with Gasteiger partial charge in [-0.05, 0) is 81.3 Å². The molecule has 0 spiro atoms. The minimum absolute atomic E-state index is 0.00605. The van der Waals surface area contributed by atoms with E-state index in [1.54, 1.807) is 13.0 Å². The van der Waals surface area contributed by atoms with Crippen LogP contribution in [0.3, 0.4) is 0 Å². The second-order valence-electron chi connectivity index (χ2n) is 10.2. The summed E-state index contributed by atoms with van der Waals surface area (Å²) in [4.78, 5) is 37.8. The number of fused-ring (bicyclic) bond motifs is 5. The number of carbonyl (C=O) groups excluding carboxylic acids is 3. The molecule has 4 aliphatic rings. The maximum atomic E-state index is 13.1. The van der Waals surface area contributed by atoms with E-state index in [9.17, 15) is 19.5 Å². The molecule has 0 bridgehead atoms. The van der Waals surface area contributed by atoms with Gasteiger partial charge >= 0.3 is 5.97 Å². The van der Waals surface area contributed by atoms with Crippen LogP contribution in [0.4, 0.5) is 0 Å². The molecule has 0 amide bonds. The van der Waals surface area contributed by atoms with Crippen LogP contribution in [0.15, 0.2) is 23.5 Å². The molecule has 7 atom stereocenters. The van der Waals surface area contributed by atoms with Gasteiger partial charge in [-0.25, -0.2) is 0 Å². The first-order valence-electron chi connectivity index (χ1n) is 10.8. The largest absolute Gasteiger partial charge is 0.508 e. The number of ketones is 2. The Bertz CT molecular complexity index is 853. The fourth-order valence-corrected chi connectivity index (χ4v) is 7.76. The van der Waals surface area contributed by atoms with Gasteiger partial charge in [-0.1, -0.05) is 13.8 Å². The van der Waals surface area contributed by atoms with Crippen molar-refractivity contribution in [3.8, 4) is 0 Å². The van der Waals surface area contributed by atoms with Gasteiger partial charge < -0.3 is 9.84 Å². The number of Topliss-reactive ketones (excluding diaryl/α,β-unsaturated/α-hetero) is 1. The lowest BCUT2D eigenvalue weighted by Gasteiger charge is -2.59. The minimum atomic E-state index is -1.05. The molecule has 0 radical (unpaired) electrons. The Morgan fingerprint density at radius 3 is 2.38 bits per heavy atom. The first kappa shape index (κ1) is 20.4. The summed E-state index contributed by atoms with van der Waals surface area (Å²) in [6, 6.07) is 0. The van der Waals surface area contributed by atoms with Gasteiger partial charge in [-0.3, -0.25) is 14.4 Å². The van der Waals surface area contributed by atoms with Crippen LogP contribution in [-0.2, 0) is 19.1 Å². The number of hydrogen-bond acceptors (Lipinski definition) is 5. The number of hydrogen-bond donors (Lipinski definition) is 1. The molecule has 0 heterocycles. The summed E-state index contributed by atoms with van der Waals surface area (Å²) >= 11 is 0. The van der Waals surface area contributed by atoms with Gasteiger partial charge in [0.2, 0.25) is 0 Å². The quantitative estimate of drug-likeness (QED) is 0.698. The molecule has 0 aromatic carbocycles. The average molecular weight is 401 g/mol. The molecule has 158 valence electrons. The Labute approximate surface area is 172 Å². The third kappa shape index (κ3) is 2.48. The smallest absolute Gasteiger partial charge is 0.303 e. The van der Waals surface area contributed by atoms with Crippen LogP contribution >= 0.6 is 0 Å². The normalized spacial score (nSPS) is 46.0. The lowest BCUT2D eigenvalue weighted by molar-refractivity contribution is -0.187. The predicted molar refractivity (Wildman–Crippen MR) is 108 cm³/mol. The highest BCUT2D eigenvalue weighted by molar-refractivity contribution is 5.99. The lowest BCUT2D eigenvalue weighted by atomic mass is 9.45. The van der Waals surface area contributed by atoms with E-state index < -0.39 is 22.4 Å². The van der Waals surface area contributed by atoms with Crippen molar-refractivity contribution in [3.63, 3.8) is 0 Å². The molecule has 4 aliphatic carbocycles. The molecule has 4 rings (SSSR count). The molecule has 3 saturated carbocycles. The van der Waals surface area contributed by atoms with Gasteiger partial charge in [-0.2, -0.15) is 0 Å². The van der Waals surface area contributed by atoms with E-state index in [1.807, 2.05) is 6.92 Å². The standard InChI is InChI=1S/C24H32O5/c1-13-10-17-18-7-9-24(14(2)25,29-15(3)26)22(18,4)8-6-19(17)23(5)20(13)11-16(27)12-21(23)28/h11-13,17-19,27H,6-10H2,1-5H3/t13?,17-,18-,19-,22-,23+,24-/m0/s1. The number of ether oxygens (including phenoxy) is 1. The summed E-state index contributed by atoms with van der Waals surface area (Å²) in [5, 5.41) is 10.0. The lowest BCUT2D eigenvalue weighted by Crippen LogP contribution is -2.60. The maximum absolute atomic E-state index is 13.1. The topological polar surface area (TPSA) is 80.7 Å². The SMILES string of the molecule is CC(=O)O[C@]1(C(C)=O)CC[C@H]2[C@@H]3CC(C)C4=CC(O)=CC(=O)[C@]4(C)[C@H]3CC[C@@]21C. The van der Waals surface area contributed by atoms with Gasteiger partial charge in [0.1, 0.15) is 5.76 Å². The first-order chi connectivity index (χ1) is 13.5. The molecular formula is C24H32O5. The van der Waals surface area contributed by atoms with E-state index in [4.69, 9.17) is 4.74 Å². The molecule has 0 aromatic heterocycles. The fraction of sp³-hybridized carbons (Fsp3) is 0.708. The van der Waals surface area contributed by atoms with Crippen LogP contribution in [0, 0.1) is 34.5 Å². The van der Waals surface area contributed by atoms with E-state index in [0.29, 0.717) is 12.3 Å². The summed E-state index contributed by atoms with van der Waals surface area (Å²) in [5.74, 6) is 0.477. The number of aliphatic hydroxyl groups is 1. The summed E-state index contributed by atoms with van der Waals surface area (Å²) in [6.45, 7) is 9.23. The molecule has 0 saturated heterocycles. The number of carbonyl (C=O) groups is 3. The van der Waals surface area contributed by atoms with Crippen molar-refractivity contribution in [2.24, 2.45) is 34.5 Å². The zero-order valence-electron chi connectivity index (χ0n) is 18.1. The third-order valence-electron chi connectivity index (χ3n) is 9.04. The van der Waals surface area contributed by atoms with E-state index in [1.165, 1.54) is 13.0 Å². The summed E-state index contributed by atoms with van der Waals surface area (Å²) in [7, 11) is 0. The first-order valence-corrected chi connectivity index (χ1v) is 10.8.